The number of nitrogens with two attached hydrogens (primary N) is 1. The molecule has 1 aliphatic rings. The number of aromatic nitrogens is 1. The van der Waals surface area contributed by atoms with Crippen molar-refractivity contribution in [2.45, 2.75) is 31.7 Å². The molecule has 0 bridgehead atoms. The second-order valence-electron chi connectivity index (χ2n) is 7.00. The monoisotopic (exact) mass is 454 g/mol. The molecule has 0 radical (unpaired) electrons. The van der Waals surface area contributed by atoms with Gasteiger partial charge in [0.15, 0.2) is 0 Å². The Morgan fingerprint density at radius 3 is 2.47 bits per heavy atom. The molecule has 1 fully saturated rings. The molecular formula is C20H18F4N4O4. The number of piperidine rings is 1. The van der Waals surface area contributed by atoms with Crippen LogP contribution in [-0.2, 0) is 9.59 Å². The average molecular weight is 454 g/mol. The van der Waals surface area contributed by atoms with E-state index in [0.29, 0.717) is 18.4 Å². The molecule has 0 saturated carbocycles. The predicted molar refractivity (Wildman–Crippen MR) is 103 cm³/mol. The van der Waals surface area contributed by atoms with Crippen molar-refractivity contribution in [3.8, 4) is 5.88 Å². The number of carbonyl (C=O) groups excluding carboxylic acids is 3. The Bertz CT molecular complexity index is 1030. The van der Waals surface area contributed by atoms with Gasteiger partial charge in [0.25, 0.3) is 5.91 Å². The second kappa shape index (κ2) is 9.20. The van der Waals surface area contributed by atoms with Crippen molar-refractivity contribution in [1.82, 2.24) is 9.88 Å². The first-order valence-corrected chi connectivity index (χ1v) is 9.48. The number of nitrogens with zero attached hydrogens (tertiary/aromatic N) is 2. The number of pyridine rings is 1. The molecule has 3 N–H and O–H groups in total. The number of ether oxygens (including phenoxy) is 1. The molecule has 3 rings (SSSR count). The molecule has 1 aliphatic heterocycles. The van der Waals surface area contributed by atoms with Crippen LogP contribution in [0.3, 0.4) is 0 Å². The largest absolute Gasteiger partial charge is 0.574 e. The molecule has 3 amide bonds. The first kappa shape index (κ1) is 23.0. The van der Waals surface area contributed by atoms with Gasteiger partial charge in [0.05, 0.1) is 17.9 Å². The SMILES string of the molecule is NC(=O)c1cc(NC(=O)C(=O)N2CCCC[C@H]2c2ccc(F)cc2)cnc1OC(F)(F)F. The highest BCUT2D eigenvalue weighted by atomic mass is 19.4. The maximum absolute atomic E-state index is 13.2. The minimum absolute atomic E-state index is 0.220. The fourth-order valence-electron chi connectivity index (χ4n) is 3.41. The molecule has 0 aliphatic carbocycles. The summed E-state index contributed by atoms with van der Waals surface area (Å²) >= 11 is 0. The average Bonchev–Trinajstić information content (AvgIpc) is 2.73. The lowest BCUT2D eigenvalue weighted by Crippen LogP contribution is -2.44. The zero-order valence-electron chi connectivity index (χ0n) is 16.5. The van der Waals surface area contributed by atoms with Gasteiger partial charge in [-0.3, -0.25) is 14.4 Å². The van der Waals surface area contributed by atoms with Gasteiger partial charge in [0, 0.05) is 6.54 Å². The van der Waals surface area contributed by atoms with Gasteiger partial charge in [0.2, 0.25) is 5.88 Å². The molecule has 1 atom stereocenters. The third-order valence-electron chi connectivity index (χ3n) is 4.80. The van der Waals surface area contributed by atoms with Crippen molar-refractivity contribution < 1.29 is 36.7 Å². The second-order valence-corrected chi connectivity index (χ2v) is 7.00. The lowest BCUT2D eigenvalue weighted by Gasteiger charge is -2.35. The maximum Gasteiger partial charge on any atom is 0.574 e. The third kappa shape index (κ3) is 5.50. The minimum Gasteiger partial charge on any atom is -0.387 e. The number of carbonyl (C=O) groups is 3. The van der Waals surface area contributed by atoms with Crippen molar-refractivity contribution in [2.75, 3.05) is 11.9 Å². The van der Waals surface area contributed by atoms with E-state index in [9.17, 15) is 31.9 Å². The Labute approximate surface area is 179 Å². The van der Waals surface area contributed by atoms with E-state index in [1.807, 2.05) is 0 Å². The van der Waals surface area contributed by atoms with Crippen molar-refractivity contribution in [3.05, 3.63) is 53.5 Å². The van der Waals surface area contributed by atoms with Gasteiger partial charge in [-0.1, -0.05) is 12.1 Å². The maximum atomic E-state index is 13.2. The minimum atomic E-state index is -5.11. The number of nitrogens with one attached hydrogen (secondary N) is 1. The Morgan fingerprint density at radius 1 is 1.16 bits per heavy atom. The van der Waals surface area contributed by atoms with Crippen LogP contribution < -0.4 is 15.8 Å². The van der Waals surface area contributed by atoms with Crippen molar-refractivity contribution >= 4 is 23.4 Å². The number of rotatable bonds is 4. The van der Waals surface area contributed by atoms with Crippen LogP contribution in [0.1, 0.15) is 41.2 Å². The molecule has 1 aromatic heterocycles. The summed E-state index contributed by atoms with van der Waals surface area (Å²) in [5.74, 6) is -4.76. The van der Waals surface area contributed by atoms with Gasteiger partial charge in [-0.25, -0.2) is 9.37 Å². The van der Waals surface area contributed by atoms with Crippen LogP contribution in [0.15, 0.2) is 36.5 Å². The third-order valence-corrected chi connectivity index (χ3v) is 4.80. The Hall–Kier alpha value is -3.70. The molecule has 0 unspecified atom stereocenters. The number of primary amides is 1. The molecule has 2 heterocycles. The number of hydrogen-bond acceptors (Lipinski definition) is 5. The van der Waals surface area contributed by atoms with Crippen molar-refractivity contribution in [2.24, 2.45) is 5.73 Å². The molecule has 1 saturated heterocycles. The Kier molecular flexibility index (Phi) is 6.61. The molecular weight excluding hydrogens is 436 g/mol. The molecule has 170 valence electrons. The van der Waals surface area contributed by atoms with Gasteiger partial charge in [-0.2, -0.15) is 0 Å². The van der Waals surface area contributed by atoms with E-state index in [1.54, 1.807) is 0 Å². The van der Waals surface area contributed by atoms with Gasteiger partial charge >= 0.3 is 18.2 Å². The van der Waals surface area contributed by atoms with Gasteiger partial charge < -0.3 is 20.7 Å². The van der Waals surface area contributed by atoms with E-state index in [4.69, 9.17) is 5.73 Å². The standard InChI is InChI=1S/C20H18F4N4O4/c21-12-6-4-11(5-7-12)15-3-1-2-8-28(15)19(31)17(30)27-13-9-14(16(25)29)18(26-10-13)32-20(22,23)24/h4-7,9-10,15H,1-3,8H2,(H2,25,29)(H,27,30)/t15-/m0/s1. The number of alkyl halides is 3. The first-order valence-electron chi connectivity index (χ1n) is 9.48. The summed E-state index contributed by atoms with van der Waals surface area (Å²) in [4.78, 5) is 41.5. The van der Waals surface area contributed by atoms with Crippen LogP contribution in [0, 0.1) is 5.82 Å². The van der Waals surface area contributed by atoms with Crippen LogP contribution in [0.5, 0.6) is 5.88 Å². The first-order chi connectivity index (χ1) is 15.0. The van der Waals surface area contributed by atoms with Gasteiger partial charge in [-0.15, -0.1) is 13.2 Å². The van der Waals surface area contributed by atoms with Crippen LogP contribution in [0.2, 0.25) is 0 Å². The topological polar surface area (TPSA) is 115 Å². The summed E-state index contributed by atoms with van der Waals surface area (Å²) in [6.45, 7) is 0.289. The van der Waals surface area contributed by atoms with Gasteiger partial charge in [0.1, 0.15) is 11.4 Å². The quantitative estimate of drug-likeness (QED) is 0.545. The van der Waals surface area contributed by atoms with Gasteiger partial charge in [-0.05, 0) is 43.0 Å². The molecule has 32 heavy (non-hydrogen) atoms. The van der Waals surface area contributed by atoms with E-state index in [0.717, 1.165) is 18.7 Å². The number of benzene rings is 1. The smallest absolute Gasteiger partial charge is 0.387 e. The normalized spacial score (nSPS) is 16.4. The Morgan fingerprint density at radius 2 is 1.84 bits per heavy atom. The molecule has 12 heteroatoms. The summed E-state index contributed by atoms with van der Waals surface area (Å²) in [5.41, 5.74) is 4.78. The fourth-order valence-corrected chi connectivity index (χ4v) is 3.41. The van der Waals surface area contributed by atoms with E-state index < -0.39 is 47.4 Å². The zero-order chi connectivity index (χ0) is 23.5. The Balaban J connectivity index is 1.78. The lowest BCUT2D eigenvalue weighted by atomic mass is 9.95. The molecule has 1 aromatic carbocycles. The number of likely N-dealkylation sites (tertiary alicyclic amines) is 1. The summed E-state index contributed by atoms with van der Waals surface area (Å²) in [5, 5.41) is 2.21. The highest BCUT2D eigenvalue weighted by molar-refractivity contribution is 6.39. The number of anilines is 1. The summed E-state index contributed by atoms with van der Waals surface area (Å²) in [6, 6.07) is 5.97. The fraction of sp³-hybridized carbons (Fsp3) is 0.300. The molecule has 2 aromatic rings. The van der Waals surface area contributed by atoms with E-state index >= 15 is 0 Å². The van der Waals surface area contributed by atoms with Crippen LogP contribution >= 0.6 is 0 Å². The highest BCUT2D eigenvalue weighted by Gasteiger charge is 2.34. The highest BCUT2D eigenvalue weighted by Crippen LogP contribution is 2.31. The molecule has 0 spiro atoms. The van der Waals surface area contributed by atoms with Crippen molar-refractivity contribution in [3.63, 3.8) is 0 Å². The van der Waals surface area contributed by atoms with Crippen LogP contribution in [0.25, 0.3) is 0 Å². The molecule has 8 nitrogen and oxygen atoms in total. The van der Waals surface area contributed by atoms with E-state index in [-0.39, 0.29) is 12.2 Å². The van der Waals surface area contributed by atoms with E-state index in [1.165, 1.54) is 29.2 Å². The summed E-state index contributed by atoms with van der Waals surface area (Å²) in [6.07, 6.45) is -2.27. The summed E-state index contributed by atoms with van der Waals surface area (Å²) < 4.78 is 54.2. The summed E-state index contributed by atoms with van der Waals surface area (Å²) in [7, 11) is 0. The number of amides is 3. The van der Waals surface area contributed by atoms with Crippen LogP contribution in [0.4, 0.5) is 23.2 Å². The lowest BCUT2D eigenvalue weighted by molar-refractivity contribution is -0.276. The predicted octanol–water partition coefficient (Wildman–Crippen LogP) is 2.91. The van der Waals surface area contributed by atoms with Crippen molar-refractivity contribution in [1.29, 1.82) is 0 Å². The number of halogens is 4. The van der Waals surface area contributed by atoms with E-state index in [2.05, 4.69) is 15.0 Å². The zero-order valence-corrected chi connectivity index (χ0v) is 16.5. The number of hydrogen-bond donors (Lipinski definition) is 2. The van der Waals surface area contributed by atoms with Crippen LogP contribution in [-0.4, -0.2) is 40.5 Å².